The van der Waals surface area contributed by atoms with Gasteiger partial charge in [-0.1, -0.05) is 13.8 Å². The molecule has 0 rings (SSSR count). The quantitative estimate of drug-likeness (QED) is 0.618. The monoisotopic (exact) mass is 159 g/mol. The molecule has 0 radical (unpaired) electrons. The van der Waals surface area contributed by atoms with E-state index in [1.54, 1.807) is 7.11 Å². The molecule has 0 saturated heterocycles. The fourth-order valence-corrected chi connectivity index (χ4v) is 1.70. The third kappa shape index (κ3) is 3.21. The lowest BCUT2D eigenvalue weighted by molar-refractivity contribution is 0.0252. The van der Waals surface area contributed by atoms with Crippen LogP contribution in [0, 0.1) is 5.92 Å². The van der Waals surface area contributed by atoms with E-state index in [1.807, 2.05) is 0 Å². The molecule has 0 aromatic heterocycles. The summed E-state index contributed by atoms with van der Waals surface area (Å²) in [6.45, 7) is 6.56. The summed E-state index contributed by atoms with van der Waals surface area (Å²) in [5.41, 5.74) is 0. The smallest absolute Gasteiger partial charge is 0.0700 e. The van der Waals surface area contributed by atoms with Crippen molar-refractivity contribution in [3.63, 3.8) is 0 Å². The van der Waals surface area contributed by atoms with Crippen LogP contribution in [0.3, 0.4) is 0 Å². The Hall–Kier alpha value is -0.0800. The van der Waals surface area contributed by atoms with Crippen LogP contribution in [-0.2, 0) is 4.74 Å². The van der Waals surface area contributed by atoms with Gasteiger partial charge in [0.1, 0.15) is 0 Å². The number of likely N-dealkylation sites (N-methyl/N-ethyl adjacent to an activating group) is 1. The highest BCUT2D eigenvalue weighted by molar-refractivity contribution is 4.76. The van der Waals surface area contributed by atoms with Gasteiger partial charge in [0, 0.05) is 13.2 Å². The van der Waals surface area contributed by atoms with E-state index in [-0.39, 0.29) is 0 Å². The van der Waals surface area contributed by atoms with Gasteiger partial charge in [-0.15, -0.1) is 0 Å². The fraction of sp³-hybridized carbons (Fsp3) is 1.00. The van der Waals surface area contributed by atoms with Crippen LogP contribution in [-0.4, -0.2) is 38.3 Å². The van der Waals surface area contributed by atoms with Gasteiger partial charge < -0.3 is 9.64 Å². The van der Waals surface area contributed by atoms with Crippen molar-refractivity contribution in [2.24, 2.45) is 5.92 Å². The molecule has 0 unspecified atom stereocenters. The van der Waals surface area contributed by atoms with Crippen molar-refractivity contribution >= 4 is 0 Å². The summed E-state index contributed by atoms with van der Waals surface area (Å²) in [6.07, 6.45) is 0.310. The second-order valence-electron chi connectivity index (χ2n) is 3.64. The molecular weight excluding hydrogens is 138 g/mol. The summed E-state index contributed by atoms with van der Waals surface area (Å²) < 4.78 is 5.29. The first-order valence-corrected chi connectivity index (χ1v) is 4.20. The molecule has 0 aliphatic carbocycles. The van der Waals surface area contributed by atoms with Gasteiger partial charge in [0.25, 0.3) is 0 Å². The Balaban J connectivity index is 4.09. The molecule has 0 N–H and O–H groups in total. The molecule has 2 heteroatoms. The zero-order valence-electron chi connectivity index (χ0n) is 8.59. The van der Waals surface area contributed by atoms with Crippen LogP contribution in [0.25, 0.3) is 0 Å². The fourth-order valence-electron chi connectivity index (χ4n) is 1.70. The lowest BCUT2D eigenvalue weighted by Gasteiger charge is -2.32. The van der Waals surface area contributed by atoms with E-state index in [0.29, 0.717) is 18.1 Å². The summed E-state index contributed by atoms with van der Waals surface area (Å²) in [6, 6.07) is 0.514. The second-order valence-corrected chi connectivity index (χ2v) is 3.64. The van der Waals surface area contributed by atoms with Crippen LogP contribution in [0.1, 0.15) is 20.8 Å². The van der Waals surface area contributed by atoms with Crippen LogP contribution in [0.15, 0.2) is 0 Å². The van der Waals surface area contributed by atoms with Crippen LogP contribution < -0.4 is 0 Å². The van der Waals surface area contributed by atoms with Crippen LogP contribution in [0.5, 0.6) is 0 Å². The molecule has 0 aliphatic rings. The molecule has 0 aromatic rings. The maximum absolute atomic E-state index is 5.29. The van der Waals surface area contributed by atoms with Crippen molar-refractivity contribution in [1.29, 1.82) is 0 Å². The summed E-state index contributed by atoms with van der Waals surface area (Å²) in [5.74, 6) is 0.639. The van der Waals surface area contributed by atoms with Gasteiger partial charge in [-0.25, -0.2) is 0 Å². The van der Waals surface area contributed by atoms with E-state index < -0.39 is 0 Å². The molecule has 68 valence electrons. The molecule has 0 heterocycles. The minimum absolute atomic E-state index is 0.310. The summed E-state index contributed by atoms with van der Waals surface area (Å²) in [5, 5.41) is 0. The van der Waals surface area contributed by atoms with Crippen molar-refractivity contribution in [1.82, 2.24) is 4.90 Å². The SMILES string of the molecule is CO[C@H](C)[C@@H](C(C)C)N(C)C. The van der Waals surface area contributed by atoms with Crippen molar-refractivity contribution in [2.45, 2.75) is 32.9 Å². The van der Waals surface area contributed by atoms with E-state index in [1.165, 1.54) is 0 Å². The predicted octanol–water partition coefficient (Wildman–Crippen LogP) is 1.61. The van der Waals surface area contributed by atoms with Crippen molar-refractivity contribution in [2.75, 3.05) is 21.2 Å². The normalized spacial score (nSPS) is 17.5. The first kappa shape index (κ1) is 10.9. The molecular formula is C9H21NO. The first-order valence-electron chi connectivity index (χ1n) is 4.20. The Labute approximate surface area is 70.5 Å². The van der Waals surface area contributed by atoms with Crippen molar-refractivity contribution in [3.05, 3.63) is 0 Å². The van der Waals surface area contributed by atoms with E-state index >= 15 is 0 Å². The van der Waals surface area contributed by atoms with Gasteiger partial charge in [0.05, 0.1) is 6.10 Å². The highest BCUT2D eigenvalue weighted by Gasteiger charge is 2.22. The molecule has 0 amide bonds. The minimum atomic E-state index is 0.310. The first-order chi connectivity index (χ1) is 5.00. The van der Waals surface area contributed by atoms with Crippen LogP contribution >= 0.6 is 0 Å². The number of hydrogen-bond acceptors (Lipinski definition) is 2. The van der Waals surface area contributed by atoms with Crippen molar-refractivity contribution < 1.29 is 4.74 Å². The highest BCUT2D eigenvalue weighted by atomic mass is 16.5. The topological polar surface area (TPSA) is 12.5 Å². The van der Waals surface area contributed by atoms with Gasteiger partial charge in [-0.2, -0.15) is 0 Å². The standard InChI is InChI=1S/C9H21NO/c1-7(2)9(10(4)5)8(3)11-6/h7-9H,1-6H3/t8-,9-/m1/s1. The van der Waals surface area contributed by atoms with Crippen LogP contribution in [0.4, 0.5) is 0 Å². The van der Waals surface area contributed by atoms with E-state index in [0.717, 1.165) is 0 Å². The van der Waals surface area contributed by atoms with E-state index in [9.17, 15) is 0 Å². The Morgan fingerprint density at radius 3 is 1.64 bits per heavy atom. The lowest BCUT2D eigenvalue weighted by atomic mass is 9.98. The highest BCUT2D eigenvalue weighted by Crippen LogP contribution is 2.13. The summed E-state index contributed by atoms with van der Waals surface area (Å²) in [4.78, 5) is 2.22. The maximum Gasteiger partial charge on any atom is 0.0700 e. The third-order valence-electron chi connectivity index (χ3n) is 2.13. The number of hydrogen-bond donors (Lipinski definition) is 0. The lowest BCUT2D eigenvalue weighted by Crippen LogP contribution is -2.42. The average Bonchev–Trinajstić information content (AvgIpc) is 1.85. The molecule has 11 heavy (non-hydrogen) atoms. The molecule has 0 aromatic carbocycles. The zero-order chi connectivity index (χ0) is 9.02. The van der Waals surface area contributed by atoms with E-state index in [2.05, 4.69) is 39.8 Å². The molecule has 0 saturated carbocycles. The molecule has 0 spiro atoms. The average molecular weight is 159 g/mol. The Morgan fingerprint density at radius 1 is 1.09 bits per heavy atom. The largest absolute Gasteiger partial charge is 0.380 e. The molecule has 0 fully saturated rings. The van der Waals surface area contributed by atoms with Gasteiger partial charge in [-0.3, -0.25) is 0 Å². The van der Waals surface area contributed by atoms with Gasteiger partial charge in [0.2, 0.25) is 0 Å². The molecule has 0 bridgehead atoms. The van der Waals surface area contributed by atoms with Gasteiger partial charge in [0.15, 0.2) is 0 Å². The summed E-state index contributed by atoms with van der Waals surface area (Å²) in [7, 11) is 5.96. The predicted molar refractivity (Wildman–Crippen MR) is 48.8 cm³/mol. The van der Waals surface area contributed by atoms with Gasteiger partial charge >= 0.3 is 0 Å². The third-order valence-corrected chi connectivity index (χ3v) is 2.13. The summed E-state index contributed by atoms with van der Waals surface area (Å²) >= 11 is 0. The Morgan fingerprint density at radius 2 is 1.55 bits per heavy atom. The molecule has 0 aliphatic heterocycles. The maximum atomic E-state index is 5.29. The number of nitrogens with zero attached hydrogens (tertiary/aromatic N) is 1. The van der Waals surface area contributed by atoms with Gasteiger partial charge in [-0.05, 0) is 26.9 Å². The number of methoxy groups -OCH3 is 1. The molecule has 2 nitrogen and oxygen atoms in total. The van der Waals surface area contributed by atoms with Crippen LogP contribution in [0.2, 0.25) is 0 Å². The Bertz CT molecular complexity index is 93.7. The number of ether oxygens (including phenoxy) is 1. The number of rotatable bonds is 4. The second kappa shape index (κ2) is 4.73. The Kier molecular flexibility index (Phi) is 4.69. The zero-order valence-corrected chi connectivity index (χ0v) is 8.59. The minimum Gasteiger partial charge on any atom is -0.380 e. The van der Waals surface area contributed by atoms with E-state index in [4.69, 9.17) is 4.74 Å². The van der Waals surface area contributed by atoms with Crippen molar-refractivity contribution in [3.8, 4) is 0 Å². The molecule has 2 atom stereocenters.